The maximum absolute atomic E-state index is 4.62. The highest BCUT2D eigenvalue weighted by Crippen LogP contribution is 2.22. The fourth-order valence-corrected chi connectivity index (χ4v) is 4.99. The maximum Gasteiger partial charge on any atom is 0.256 e. The van der Waals surface area contributed by atoms with Crippen molar-refractivity contribution < 1.29 is 0 Å². The Morgan fingerprint density at radius 2 is 0.619 bits per heavy atom. The standard InChI is InChI=1S/C36H24N6/c1-4-19-31-25(10-1)13-7-16-28(31)22-37-34-40-35(38-23-29-17-8-14-26-11-2-5-20-32(26)29)42-36(41-34)39-24-30-18-9-15-27-12-3-6-21-33(27)30/h1-24H/b37-22+,38-23+,39-24+. The molecule has 7 aromatic rings. The molecule has 0 saturated heterocycles. The SMILES string of the molecule is C(=N\c1nc(/N=C/c2cccc3ccccc23)nc(/N=C/c2cccc3ccccc23)n1)/c1cccc2ccccc12. The second-order valence-electron chi connectivity index (χ2n) is 9.72. The lowest BCUT2D eigenvalue weighted by atomic mass is 10.1. The molecule has 0 fully saturated rings. The summed E-state index contributed by atoms with van der Waals surface area (Å²) < 4.78 is 0. The lowest BCUT2D eigenvalue weighted by Crippen LogP contribution is -1.92. The van der Waals surface area contributed by atoms with Crippen molar-refractivity contribution in [1.82, 2.24) is 15.0 Å². The van der Waals surface area contributed by atoms with Crippen LogP contribution in [0.15, 0.2) is 142 Å². The zero-order valence-corrected chi connectivity index (χ0v) is 22.5. The van der Waals surface area contributed by atoms with E-state index in [-0.39, 0.29) is 17.8 Å². The topological polar surface area (TPSA) is 75.8 Å². The van der Waals surface area contributed by atoms with Crippen molar-refractivity contribution in [1.29, 1.82) is 0 Å². The van der Waals surface area contributed by atoms with Gasteiger partial charge in [0.2, 0.25) is 0 Å². The maximum atomic E-state index is 4.62. The van der Waals surface area contributed by atoms with Crippen molar-refractivity contribution in [3.8, 4) is 0 Å². The van der Waals surface area contributed by atoms with Crippen LogP contribution in [0.4, 0.5) is 17.8 Å². The number of benzene rings is 6. The van der Waals surface area contributed by atoms with Crippen LogP contribution in [-0.4, -0.2) is 33.6 Å². The highest BCUT2D eigenvalue weighted by Gasteiger charge is 2.06. The van der Waals surface area contributed by atoms with Gasteiger partial charge in [0.05, 0.1) is 0 Å². The van der Waals surface area contributed by atoms with Crippen LogP contribution in [0.5, 0.6) is 0 Å². The molecule has 7 rings (SSSR count). The molecule has 0 bridgehead atoms. The Hall–Kier alpha value is -5.88. The number of aromatic nitrogens is 3. The van der Waals surface area contributed by atoms with Crippen LogP contribution >= 0.6 is 0 Å². The molecule has 0 radical (unpaired) electrons. The second-order valence-corrected chi connectivity index (χ2v) is 9.72. The molecule has 0 N–H and O–H groups in total. The molecule has 0 aliphatic heterocycles. The van der Waals surface area contributed by atoms with Crippen LogP contribution in [0.3, 0.4) is 0 Å². The smallest absolute Gasteiger partial charge is 0.219 e. The summed E-state index contributed by atoms with van der Waals surface area (Å²) in [7, 11) is 0. The van der Waals surface area contributed by atoms with Crippen molar-refractivity contribution in [2.45, 2.75) is 0 Å². The van der Waals surface area contributed by atoms with Crippen LogP contribution in [-0.2, 0) is 0 Å². The first-order chi connectivity index (χ1) is 20.8. The predicted molar refractivity (Wildman–Crippen MR) is 173 cm³/mol. The van der Waals surface area contributed by atoms with E-state index in [1.165, 1.54) is 0 Å². The summed E-state index contributed by atoms with van der Waals surface area (Å²) in [6.45, 7) is 0. The third-order valence-corrected chi connectivity index (χ3v) is 7.03. The Balaban J connectivity index is 1.29. The third kappa shape index (κ3) is 5.29. The predicted octanol–water partition coefficient (Wildman–Crippen LogP) is 8.58. The quantitative estimate of drug-likeness (QED) is 0.198. The third-order valence-electron chi connectivity index (χ3n) is 7.03. The summed E-state index contributed by atoms with van der Waals surface area (Å²) in [6, 6.07) is 42.9. The van der Waals surface area contributed by atoms with E-state index in [9.17, 15) is 0 Å². The van der Waals surface area contributed by atoms with Gasteiger partial charge in [-0.2, -0.15) is 15.0 Å². The molecule has 0 spiro atoms. The Morgan fingerprint density at radius 3 is 0.952 bits per heavy atom. The zero-order chi connectivity index (χ0) is 28.1. The summed E-state index contributed by atoms with van der Waals surface area (Å²) >= 11 is 0. The number of nitrogens with zero attached hydrogens (tertiary/aromatic N) is 6. The van der Waals surface area contributed by atoms with Crippen LogP contribution < -0.4 is 0 Å². The van der Waals surface area contributed by atoms with Crippen LogP contribution in [0, 0.1) is 0 Å². The molecule has 0 atom stereocenters. The fourth-order valence-electron chi connectivity index (χ4n) is 4.99. The molecule has 0 aliphatic rings. The van der Waals surface area contributed by atoms with Crippen molar-refractivity contribution >= 4 is 68.8 Å². The minimum Gasteiger partial charge on any atom is -0.219 e. The molecule has 0 aliphatic carbocycles. The van der Waals surface area contributed by atoms with Gasteiger partial charge in [0.25, 0.3) is 17.8 Å². The molecular weight excluding hydrogens is 516 g/mol. The first-order valence-electron chi connectivity index (χ1n) is 13.6. The summed E-state index contributed by atoms with van der Waals surface area (Å²) in [5.41, 5.74) is 2.90. The highest BCUT2D eigenvalue weighted by molar-refractivity contribution is 6.02. The van der Waals surface area contributed by atoms with Crippen LogP contribution in [0.2, 0.25) is 0 Å². The molecule has 1 heterocycles. The van der Waals surface area contributed by atoms with Gasteiger partial charge in [-0.1, -0.05) is 127 Å². The van der Waals surface area contributed by atoms with Crippen molar-refractivity contribution in [2.24, 2.45) is 15.0 Å². The highest BCUT2D eigenvalue weighted by atomic mass is 15.2. The first-order valence-corrected chi connectivity index (χ1v) is 13.6. The monoisotopic (exact) mass is 540 g/mol. The fraction of sp³-hybridized carbons (Fsp3) is 0. The molecule has 0 amide bonds. The number of fused-ring (bicyclic) bond motifs is 3. The molecule has 1 aromatic heterocycles. The number of rotatable bonds is 6. The van der Waals surface area contributed by atoms with E-state index in [2.05, 4.69) is 84.5 Å². The Labute approximate surface area is 242 Å². The van der Waals surface area contributed by atoms with Crippen molar-refractivity contribution in [3.63, 3.8) is 0 Å². The molecule has 0 unspecified atom stereocenters. The summed E-state index contributed by atoms with van der Waals surface area (Å²) in [5, 5.41) is 6.71. The number of aliphatic imine (C=N–C) groups is 3. The van der Waals surface area contributed by atoms with Gasteiger partial charge >= 0.3 is 0 Å². The second kappa shape index (κ2) is 11.3. The molecule has 6 nitrogen and oxygen atoms in total. The van der Waals surface area contributed by atoms with E-state index in [1.807, 2.05) is 72.8 Å². The van der Waals surface area contributed by atoms with E-state index in [0.717, 1.165) is 49.0 Å². The van der Waals surface area contributed by atoms with E-state index >= 15 is 0 Å². The van der Waals surface area contributed by atoms with Gasteiger partial charge < -0.3 is 0 Å². The van der Waals surface area contributed by atoms with Gasteiger partial charge in [-0.25, -0.2) is 15.0 Å². The van der Waals surface area contributed by atoms with E-state index < -0.39 is 0 Å². The molecule has 198 valence electrons. The minimum absolute atomic E-state index is 0.230. The molecule has 42 heavy (non-hydrogen) atoms. The molecule has 0 saturated carbocycles. The molecular formula is C36H24N6. The lowest BCUT2D eigenvalue weighted by Gasteiger charge is -2.03. The van der Waals surface area contributed by atoms with E-state index in [0.29, 0.717) is 0 Å². The van der Waals surface area contributed by atoms with Crippen molar-refractivity contribution in [2.75, 3.05) is 0 Å². The van der Waals surface area contributed by atoms with E-state index in [1.54, 1.807) is 18.6 Å². The summed E-state index contributed by atoms with van der Waals surface area (Å²) in [5.74, 6) is 0.689. The Kier molecular flexibility index (Phi) is 6.76. The van der Waals surface area contributed by atoms with Crippen molar-refractivity contribution in [3.05, 3.63) is 144 Å². The lowest BCUT2D eigenvalue weighted by molar-refractivity contribution is 1.02. The average molecular weight is 541 g/mol. The van der Waals surface area contributed by atoms with Gasteiger partial charge in [0, 0.05) is 35.3 Å². The molecule has 6 aromatic carbocycles. The van der Waals surface area contributed by atoms with Crippen LogP contribution in [0.25, 0.3) is 32.3 Å². The largest absolute Gasteiger partial charge is 0.256 e. The molecule has 6 heteroatoms. The van der Waals surface area contributed by atoms with Gasteiger partial charge in [-0.05, 0) is 32.3 Å². The number of hydrogen-bond donors (Lipinski definition) is 0. The zero-order valence-electron chi connectivity index (χ0n) is 22.5. The summed E-state index contributed by atoms with van der Waals surface area (Å²) in [4.78, 5) is 27.5. The first kappa shape index (κ1) is 25.1. The van der Waals surface area contributed by atoms with E-state index in [4.69, 9.17) is 0 Å². The van der Waals surface area contributed by atoms with Gasteiger partial charge in [0.15, 0.2) is 0 Å². The Bertz CT molecular complexity index is 1890. The average Bonchev–Trinajstić information content (AvgIpc) is 3.05. The minimum atomic E-state index is 0.230. The van der Waals surface area contributed by atoms with Gasteiger partial charge in [-0.3, -0.25) is 0 Å². The summed E-state index contributed by atoms with van der Waals surface area (Å²) in [6.07, 6.45) is 5.32. The van der Waals surface area contributed by atoms with Gasteiger partial charge in [0.1, 0.15) is 0 Å². The van der Waals surface area contributed by atoms with Gasteiger partial charge in [-0.15, -0.1) is 0 Å². The Morgan fingerprint density at radius 1 is 0.333 bits per heavy atom. The normalized spacial score (nSPS) is 12.0. The number of hydrogen-bond acceptors (Lipinski definition) is 6. The van der Waals surface area contributed by atoms with Crippen LogP contribution in [0.1, 0.15) is 16.7 Å².